The first-order valence-electron chi connectivity index (χ1n) is 8.77. The minimum absolute atomic E-state index is 0. The Hall–Kier alpha value is -0.570. The van der Waals surface area contributed by atoms with Crippen LogP contribution in [0.5, 0.6) is 0 Å². The van der Waals surface area contributed by atoms with Gasteiger partial charge in [0.2, 0.25) is 0 Å². The van der Waals surface area contributed by atoms with Crippen LogP contribution in [0.1, 0.15) is 53.9 Å². The number of carbonyl (C=O) groups is 1. The number of carbonyl (C=O) groups excluding carboxylic acids is 1. The second-order valence-electron chi connectivity index (χ2n) is 6.15. The number of guanidine groups is 1. The number of aliphatic imine (C=N–C) groups is 1. The Bertz CT molecular complexity index is 341. The number of hydrogen-bond donors (Lipinski definition) is 2. The van der Waals surface area contributed by atoms with Crippen molar-refractivity contribution in [1.29, 1.82) is 0 Å². The molecule has 0 fully saturated rings. The van der Waals surface area contributed by atoms with E-state index in [0.29, 0.717) is 25.0 Å². The number of rotatable bonds is 11. The molecular weight excluding hydrogens is 419 g/mol. The Morgan fingerprint density at radius 1 is 1.12 bits per heavy atom. The molecule has 0 aliphatic rings. The number of esters is 1. The van der Waals surface area contributed by atoms with Gasteiger partial charge >= 0.3 is 5.97 Å². The van der Waals surface area contributed by atoms with E-state index in [-0.39, 0.29) is 29.9 Å². The predicted octanol–water partition coefficient (Wildman–Crippen LogP) is 2.62. The van der Waals surface area contributed by atoms with E-state index in [1.807, 2.05) is 0 Å². The quantitative estimate of drug-likeness (QED) is 0.165. The van der Waals surface area contributed by atoms with Gasteiger partial charge in [-0.2, -0.15) is 0 Å². The molecule has 0 aromatic heterocycles. The van der Waals surface area contributed by atoms with Crippen molar-refractivity contribution >= 4 is 35.9 Å². The van der Waals surface area contributed by atoms with Gasteiger partial charge in [-0.3, -0.25) is 14.7 Å². The molecule has 0 saturated carbocycles. The van der Waals surface area contributed by atoms with Crippen molar-refractivity contribution in [3.63, 3.8) is 0 Å². The number of halogens is 1. The largest absolute Gasteiger partial charge is 0.469 e. The van der Waals surface area contributed by atoms with E-state index in [1.165, 1.54) is 7.11 Å². The van der Waals surface area contributed by atoms with E-state index >= 15 is 0 Å². The van der Waals surface area contributed by atoms with E-state index in [9.17, 15) is 4.79 Å². The summed E-state index contributed by atoms with van der Waals surface area (Å²) in [6.45, 7) is 14.4. The average Bonchev–Trinajstić information content (AvgIpc) is 2.49. The molecule has 0 unspecified atom stereocenters. The van der Waals surface area contributed by atoms with Gasteiger partial charge in [-0.25, -0.2) is 0 Å². The van der Waals surface area contributed by atoms with E-state index < -0.39 is 0 Å². The highest BCUT2D eigenvalue weighted by molar-refractivity contribution is 14.0. The summed E-state index contributed by atoms with van der Waals surface area (Å²) in [7, 11) is 1.42. The molecule has 0 atom stereocenters. The fourth-order valence-electron chi connectivity index (χ4n) is 2.43. The third kappa shape index (κ3) is 12.8. The first-order valence-corrected chi connectivity index (χ1v) is 8.77. The summed E-state index contributed by atoms with van der Waals surface area (Å²) >= 11 is 0. The van der Waals surface area contributed by atoms with Crippen LogP contribution >= 0.6 is 24.0 Å². The molecule has 0 bridgehead atoms. The summed E-state index contributed by atoms with van der Waals surface area (Å²) in [5.41, 5.74) is 0. The highest BCUT2D eigenvalue weighted by Crippen LogP contribution is 2.03. The molecule has 0 saturated heterocycles. The molecule has 0 aliphatic carbocycles. The van der Waals surface area contributed by atoms with E-state index in [2.05, 4.69) is 59.9 Å². The summed E-state index contributed by atoms with van der Waals surface area (Å²) < 4.78 is 4.63. The number of hydrogen-bond acceptors (Lipinski definition) is 4. The van der Waals surface area contributed by atoms with Crippen molar-refractivity contribution in [3.8, 4) is 0 Å². The van der Waals surface area contributed by atoms with Gasteiger partial charge in [0.25, 0.3) is 0 Å². The Labute approximate surface area is 165 Å². The molecule has 0 amide bonds. The average molecular weight is 456 g/mol. The topological polar surface area (TPSA) is 66.0 Å². The highest BCUT2D eigenvalue weighted by atomic mass is 127. The first-order chi connectivity index (χ1) is 10.9. The molecular formula is C17H37IN4O2. The molecule has 0 aromatic rings. The van der Waals surface area contributed by atoms with Crippen LogP contribution in [0.4, 0.5) is 0 Å². The van der Waals surface area contributed by atoms with Gasteiger partial charge in [-0.15, -0.1) is 24.0 Å². The maximum atomic E-state index is 11.0. The molecule has 6 nitrogen and oxygen atoms in total. The number of unbranched alkanes of at least 4 members (excludes halogenated alkanes) is 1. The van der Waals surface area contributed by atoms with Gasteiger partial charge in [0, 0.05) is 44.7 Å². The SMILES string of the molecule is CCNC(=NCCCCC(=O)OC)NCCN(C(C)C)C(C)C.I. The number of nitrogens with zero attached hydrogens (tertiary/aromatic N) is 2. The smallest absolute Gasteiger partial charge is 0.305 e. The van der Waals surface area contributed by atoms with Gasteiger partial charge in [-0.1, -0.05) is 0 Å². The van der Waals surface area contributed by atoms with Crippen LogP contribution in [0.2, 0.25) is 0 Å². The van der Waals surface area contributed by atoms with Crippen LogP contribution in [-0.2, 0) is 9.53 Å². The molecule has 0 rings (SSSR count). The molecule has 0 aliphatic heterocycles. The zero-order valence-electron chi connectivity index (χ0n) is 16.2. The van der Waals surface area contributed by atoms with Gasteiger partial charge in [0.1, 0.15) is 0 Å². The molecule has 0 heterocycles. The lowest BCUT2D eigenvalue weighted by molar-refractivity contribution is -0.140. The molecule has 7 heteroatoms. The standard InChI is InChI=1S/C17H36N4O2.HI/c1-7-18-17(19-11-9-8-10-16(22)23-6)20-12-13-21(14(2)3)15(4)5;/h14-15H,7-13H2,1-6H3,(H2,18,19,20);1H. The fraction of sp³-hybridized carbons (Fsp3) is 0.882. The van der Waals surface area contributed by atoms with Gasteiger partial charge in [-0.05, 0) is 47.5 Å². The number of methoxy groups -OCH3 is 1. The zero-order chi connectivity index (χ0) is 17.7. The Balaban J connectivity index is 0. The highest BCUT2D eigenvalue weighted by Gasteiger charge is 2.12. The molecule has 0 spiro atoms. The predicted molar refractivity (Wildman–Crippen MR) is 112 cm³/mol. The second-order valence-corrected chi connectivity index (χ2v) is 6.15. The first kappa shape index (κ1) is 25.7. The molecule has 0 aromatic carbocycles. The lowest BCUT2D eigenvalue weighted by atomic mass is 10.2. The van der Waals surface area contributed by atoms with Crippen LogP contribution in [0.15, 0.2) is 4.99 Å². The monoisotopic (exact) mass is 456 g/mol. The van der Waals surface area contributed by atoms with Crippen LogP contribution in [0, 0.1) is 0 Å². The third-order valence-electron chi connectivity index (χ3n) is 3.62. The van der Waals surface area contributed by atoms with Crippen molar-refractivity contribution in [3.05, 3.63) is 0 Å². The summed E-state index contributed by atoms with van der Waals surface area (Å²) in [5.74, 6) is 0.694. The van der Waals surface area contributed by atoms with Crippen LogP contribution in [-0.4, -0.2) is 62.2 Å². The Kier molecular flexibility index (Phi) is 17.0. The van der Waals surface area contributed by atoms with Crippen molar-refractivity contribution in [2.75, 3.05) is 33.3 Å². The normalized spacial score (nSPS) is 11.6. The summed E-state index contributed by atoms with van der Waals surface area (Å²) in [5, 5.41) is 6.63. The van der Waals surface area contributed by atoms with E-state index in [1.54, 1.807) is 0 Å². The second kappa shape index (κ2) is 15.9. The van der Waals surface area contributed by atoms with Gasteiger partial charge < -0.3 is 15.4 Å². The van der Waals surface area contributed by atoms with Crippen molar-refractivity contribution in [1.82, 2.24) is 15.5 Å². The van der Waals surface area contributed by atoms with E-state index in [0.717, 1.165) is 38.4 Å². The maximum Gasteiger partial charge on any atom is 0.305 e. The summed E-state index contributed by atoms with van der Waals surface area (Å²) in [4.78, 5) is 18.0. The van der Waals surface area contributed by atoms with Gasteiger partial charge in [0.15, 0.2) is 5.96 Å². The van der Waals surface area contributed by atoms with Crippen LogP contribution < -0.4 is 10.6 Å². The lowest BCUT2D eigenvalue weighted by Gasteiger charge is -2.30. The minimum atomic E-state index is -0.151. The summed E-state index contributed by atoms with van der Waals surface area (Å²) in [6.07, 6.45) is 2.16. The van der Waals surface area contributed by atoms with Crippen LogP contribution in [0.25, 0.3) is 0 Å². The van der Waals surface area contributed by atoms with Crippen molar-refractivity contribution in [2.45, 2.75) is 66.0 Å². The Morgan fingerprint density at radius 2 is 1.75 bits per heavy atom. The third-order valence-corrected chi connectivity index (χ3v) is 3.62. The molecule has 2 N–H and O–H groups in total. The number of ether oxygens (including phenoxy) is 1. The lowest BCUT2D eigenvalue weighted by Crippen LogP contribution is -2.45. The zero-order valence-corrected chi connectivity index (χ0v) is 18.6. The van der Waals surface area contributed by atoms with Crippen LogP contribution in [0.3, 0.4) is 0 Å². The van der Waals surface area contributed by atoms with E-state index in [4.69, 9.17) is 0 Å². The Morgan fingerprint density at radius 3 is 2.25 bits per heavy atom. The molecule has 144 valence electrons. The molecule has 24 heavy (non-hydrogen) atoms. The van der Waals surface area contributed by atoms with Crippen molar-refractivity contribution < 1.29 is 9.53 Å². The maximum absolute atomic E-state index is 11.0. The number of nitrogens with one attached hydrogen (secondary N) is 2. The van der Waals surface area contributed by atoms with Crippen molar-refractivity contribution in [2.24, 2.45) is 4.99 Å². The molecule has 0 radical (unpaired) electrons. The van der Waals surface area contributed by atoms with Gasteiger partial charge in [0.05, 0.1) is 7.11 Å². The summed E-state index contributed by atoms with van der Waals surface area (Å²) in [6, 6.07) is 1.07. The fourth-order valence-corrected chi connectivity index (χ4v) is 2.43. The minimum Gasteiger partial charge on any atom is -0.469 e.